The third-order valence-corrected chi connectivity index (χ3v) is 6.77. The summed E-state index contributed by atoms with van der Waals surface area (Å²) in [6, 6.07) is 16.2. The Balaban J connectivity index is 1.31. The molecule has 7 heteroatoms. The first-order valence-electron chi connectivity index (χ1n) is 11.9. The van der Waals surface area contributed by atoms with Crippen LogP contribution in [0.4, 0.5) is 4.79 Å². The van der Waals surface area contributed by atoms with Crippen LogP contribution < -0.4 is 10.6 Å². The lowest BCUT2D eigenvalue weighted by molar-refractivity contribution is -0.139. The molecule has 7 nitrogen and oxygen atoms in total. The molecule has 3 N–H and O–H groups in total. The van der Waals surface area contributed by atoms with Gasteiger partial charge in [0.1, 0.15) is 6.61 Å². The summed E-state index contributed by atoms with van der Waals surface area (Å²) in [7, 11) is 0. The second-order valence-electron chi connectivity index (χ2n) is 9.97. The van der Waals surface area contributed by atoms with Gasteiger partial charge < -0.3 is 20.5 Å². The maximum atomic E-state index is 12.7. The Morgan fingerprint density at radius 2 is 1.62 bits per heavy atom. The Morgan fingerprint density at radius 1 is 1.00 bits per heavy atom. The summed E-state index contributed by atoms with van der Waals surface area (Å²) in [4.78, 5) is 36.4. The second kappa shape index (κ2) is 9.87. The van der Waals surface area contributed by atoms with Gasteiger partial charge in [-0.3, -0.25) is 9.59 Å². The van der Waals surface area contributed by atoms with Gasteiger partial charge in [0.2, 0.25) is 5.91 Å². The van der Waals surface area contributed by atoms with Crippen LogP contribution in [0.3, 0.4) is 0 Å². The van der Waals surface area contributed by atoms with Crippen LogP contribution in [0.2, 0.25) is 0 Å². The van der Waals surface area contributed by atoms with Gasteiger partial charge in [-0.05, 0) is 55.4 Å². The summed E-state index contributed by atoms with van der Waals surface area (Å²) in [5, 5.41) is 14.8. The SMILES string of the molecule is CC(C)(CC(=O)O)NC(=O)C1CCCC(NC(=O)OCC2c3ccccc3-c3ccccc32)C1. The number of carboxylic acid groups (broad SMARTS) is 1. The van der Waals surface area contributed by atoms with E-state index in [0.717, 1.165) is 30.4 Å². The van der Waals surface area contributed by atoms with Crippen LogP contribution in [0.25, 0.3) is 11.1 Å². The molecule has 0 bridgehead atoms. The van der Waals surface area contributed by atoms with Gasteiger partial charge in [0.25, 0.3) is 0 Å². The minimum Gasteiger partial charge on any atom is -0.481 e. The standard InChI is InChI=1S/C27H32N2O5/c1-27(2,15-24(30)31)29-25(32)17-8-7-9-18(14-17)28-26(33)34-16-23-21-12-5-3-10-19(21)20-11-4-6-13-22(20)23/h3-6,10-13,17-18,23H,7-9,14-16H2,1-2H3,(H,28,33)(H,29,32)(H,30,31). The van der Waals surface area contributed by atoms with Crippen molar-refractivity contribution in [2.75, 3.05) is 6.61 Å². The first-order chi connectivity index (χ1) is 16.2. The number of aliphatic carboxylic acids is 1. The number of fused-ring (bicyclic) bond motifs is 3. The van der Waals surface area contributed by atoms with E-state index in [-0.39, 0.29) is 36.8 Å². The van der Waals surface area contributed by atoms with Crippen LogP contribution in [0.15, 0.2) is 48.5 Å². The Bertz CT molecular complexity index is 1030. The first kappa shape index (κ1) is 23.8. The van der Waals surface area contributed by atoms with Gasteiger partial charge in [-0.25, -0.2) is 4.79 Å². The van der Waals surface area contributed by atoms with Crippen molar-refractivity contribution in [3.05, 3.63) is 59.7 Å². The summed E-state index contributed by atoms with van der Waals surface area (Å²) in [6.45, 7) is 3.66. The largest absolute Gasteiger partial charge is 0.481 e. The van der Waals surface area contributed by atoms with Crippen LogP contribution in [-0.4, -0.2) is 41.3 Å². The summed E-state index contributed by atoms with van der Waals surface area (Å²) >= 11 is 0. The van der Waals surface area contributed by atoms with Crippen molar-refractivity contribution >= 4 is 18.0 Å². The topological polar surface area (TPSA) is 105 Å². The van der Waals surface area contributed by atoms with Crippen molar-refractivity contribution < 1.29 is 24.2 Å². The fourth-order valence-corrected chi connectivity index (χ4v) is 5.22. The average molecular weight is 465 g/mol. The average Bonchev–Trinajstić information content (AvgIpc) is 3.10. The van der Waals surface area contributed by atoms with E-state index >= 15 is 0 Å². The molecule has 0 aromatic heterocycles. The zero-order valence-electron chi connectivity index (χ0n) is 19.7. The minimum atomic E-state index is -0.955. The molecular weight excluding hydrogens is 432 g/mol. The van der Waals surface area contributed by atoms with E-state index in [9.17, 15) is 14.4 Å². The molecule has 0 aliphatic heterocycles. The molecule has 0 heterocycles. The lowest BCUT2D eigenvalue weighted by Gasteiger charge is -2.32. The van der Waals surface area contributed by atoms with Gasteiger partial charge in [-0.15, -0.1) is 0 Å². The second-order valence-corrected chi connectivity index (χ2v) is 9.97. The van der Waals surface area contributed by atoms with Crippen LogP contribution in [-0.2, 0) is 14.3 Å². The van der Waals surface area contributed by atoms with Crippen molar-refractivity contribution in [1.82, 2.24) is 10.6 Å². The third kappa shape index (κ3) is 5.41. The van der Waals surface area contributed by atoms with Gasteiger partial charge in [0.05, 0.1) is 6.42 Å². The maximum absolute atomic E-state index is 12.7. The molecule has 2 amide bonds. The summed E-state index contributed by atoms with van der Waals surface area (Å²) in [5.74, 6) is -1.38. The number of alkyl carbamates (subject to hydrolysis) is 1. The molecule has 0 saturated heterocycles. The van der Waals surface area contributed by atoms with Gasteiger partial charge in [0, 0.05) is 23.4 Å². The highest BCUT2D eigenvalue weighted by Gasteiger charge is 2.33. The normalized spacial score (nSPS) is 19.6. The predicted molar refractivity (Wildman–Crippen MR) is 128 cm³/mol. The molecule has 2 atom stereocenters. The summed E-state index contributed by atoms with van der Waals surface area (Å²) in [6.07, 6.45) is 2.21. The molecule has 0 radical (unpaired) electrons. The Labute approximate surface area is 199 Å². The highest BCUT2D eigenvalue weighted by molar-refractivity contribution is 5.81. The molecule has 2 aromatic rings. The van der Waals surface area contributed by atoms with Crippen molar-refractivity contribution in [3.63, 3.8) is 0 Å². The number of carbonyl (C=O) groups excluding carboxylic acids is 2. The van der Waals surface area contributed by atoms with Crippen molar-refractivity contribution in [2.24, 2.45) is 5.92 Å². The number of rotatable bonds is 7. The number of hydrogen-bond acceptors (Lipinski definition) is 4. The minimum absolute atomic E-state index is 0.000464. The molecule has 1 fully saturated rings. The Morgan fingerprint density at radius 3 is 2.24 bits per heavy atom. The van der Waals surface area contributed by atoms with Gasteiger partial charge in [-0.2, -0.15) is 0 Å². The zero-order valence-corrected chi connectivity index (χ0v) is 19.7. The number of nitrogens with one attached hydrogen (secondary N) is 2. The number of carboxylic acids is 1. The number of ether oxygens (including phenoxy) is 1. The summed E-state index contributed by atoms with van der Waals surface area (Å²) in [5.41, 5.74) is 3.86. The van der Waals surface area contributed by atoms with E-state index < -0.39 is 17.6 Å². The number of carbonyl (C=O) groups is 3. The van der Waals surface area contributed by atoms with Gasteiger partial charge >= 0.3 is 12.1 Å². The molecule has 2 aliphatic carbocycles. The molecule has 0 spiro atoms. The van der Waals surface area contributed by atoms with Crippen LogP contribution in [0.5, 0.6) is 0 Å². The van der Waals surface area contributed by atoms with Crippen LogP contribution in [0, 0.1) is 5.92 Å². The van der Waals surface area contributed by atoms with E-state index in [1.165, 1.54) is 11.1 Å². The lowest BCUT2D eigenvalue weighted by Crippen LogP contribution is -2.49. The van der Waals surface area contributed by atoms with E-state index in [4.69, 9.17) is 9.84 Å². The summed E-state index contributed by atoms with van der Waals surface area (Å²) < 4.78 is 5.65. The molecule has 180 valence electrons. The van der Waals surface area contributed by atoms with Gasteiger partial charge in [0.15, 0.2) is 0 Å². The fourth-order valence-electron chi connectivity index (χ4n) is 5.22. The van der Waals surface area contributed by atoms with Crippen molar-refractivity contribution in [1.29, 1.82) is 0 Å². The first-order valence-corrected chi connectivity index (χ1v) is 11.9. The molecule has 1 saturated carbocycles. The molecule has 4 rings (SSSR count). The van der Waals surface area contributed by atoms with Crippen LogP contribution in [0.1, 0.15) is 63.0 Å². The number of amides is 2. The smallest absolute Gasteiger partial charge is 0.407 e. The molecule has 2 aromatic carbocycles. The van der Waals surface area contributed by atoms with E-state index in [0.29, 0.717) is 6.42 Å². The molecule has 34 heavy (non-hydrogen) atoms. The number of benzene rings is 2. The van der Waals surface area contributed by atoms with E-state index in [2.05, 4.69) is 34.9 Å². The van der Waals surface area contributed by atoms with Crippen LogP contribution >= 0.6 is 0 Å². The highest BCUT2D eigenvalue weighted by Crippen LogP contribution is 2.44. The van der Waals surface area contributed by atoms with Crippen molar-refractivity contribution in [3.8, 4) is 11.1 Å². The Hall–Kier alpha value is -3.35. The molecular formula is C27H32N2O5. The predicted octanol–water partition coefficient (Wildman–Crippen LogP) is 4.45. The van der Waals surface area contributed by atoms with Gasteiger partial charge in [-0.1, -0.05) is 55.0 Å². The Kier molecular flexibility index (Phi) is 6.91. The van der Waals surface area contributed by atoms with Crippen molar-refractivity contribution in [2.45, 2.75) is 63.5 Å². The monoisotopic (exact) mass is 464 g/mol. The lowest BCUT2D eigenvalue weighted by atomic mass is 9.84. The third-order valence-electron chi connectivity index (χ3n) is 6.77. The molecule has 2 aliphatic rings. The van der Waals surface area contributed by atoms with E-state index in [1.54, 1.807) is 13.8 Å². The fraction of sp³-hybridized carbons (Fsp3) is 0.444. The maximum Gasteiger partial charge on any atom is 0.407 e. The quantitative estimate of drug-likeness (QED) is 0.561. The molecule has 2 unspecified atom stereocenters. The zero-order chi connectivity index (χ0) is 24.3. The van der Waals surface area contributed by atoms with E-state index in [1.807, 2.05) is 24.3 Å². The number of hydrogen-bond donors (Lipinski definition) is 3. The highest BCUT2D eigenvalue weighted by atomic mass is 16.5.